The van der Waals surface area contributed by atoms with Crippen LogP contribution in [0.5, 0.6) is 0 Å². The van der Waals surface area contributed by atoms with E-state index in [-0.39, 0.29) is 17.8 Å². The van der Waals surface area contributed by atoms with Gasteiger partial charge in [-0.1, -0.05) is 12.1 Å². The lowest BCUT2D eigenvalue weighted by molar-refractivity contribution is 0.0987. The average Bonchev–Trinajstić information content (AvgIpc) is 3.10. The Bertz CT molecular complexity index is 1200. The van der Waals surface area contributed by atoms with Gasteiger partial charge in [-0.25, -0.2) is 14.4 Å². The fraction of sp³-hybridized carbons (Fsp3) is 0.130. The van der Waals surface area contributed by atoms with Gasteiger partial charge in [-0.2, -0.15) is 0 Å². The molecule has 3 aromatic heterocycles. The van der Waals surface area contributed by atoms with Crippen molar-refractivity contribution in [3.63, 3.8) is 0 Å². The Morgan fingerprint density at radius 2 is 1.80 bits per heavy atom. The van der Waals surface area contributed by atoms with Crippen LogP contribution in [0.4, 0.5) is 10.2 Å². The summed E-state index contributed by atoms with van der Waals surface area (Å²) in [5.41, 5.74) is 9.58. The van der Waals surface area contributed by atoms with Gasteiger partial charge in [0.15, 0.2) is 5.78 Å². The highest BCUT2D eigenvalue weighted by Crippen LogP contribution is 2.33. The highest BCUT2D eigenvalue weighted by molar-refractivity contribution is 7.15. The summed E-state index contributed by atoms with van der Waals surface area (Å²) in [6, 6.07) is 11.9. The van der Waals surface area contributed by atoms with Crippen LogP contribution in [0.3, 0.4) is 0 Å². The fourth-order valence-electron chi connectivity index (χ4n) is 3.23. The molecule has 1 aromatic carbocycles. The van der Waals surface area contributed by atoms with E-state index in [4.69, 9.17) is 10.7 Å². The molecule has 0 fully saturated rings. The number of aryl methyl sites for hydroxylation is 2. The number of ketones is 1. The number of thiazole rings is 1. The summed E-state index contributed by atoms with van der Waals surface area (Å²) >= 11 is 1.57. The molecule has 4 aromatic rings. The molecule has 0 saturated carbocycles. The number of benzene rings is 1. The van der Waals surface area contributed by atoms with Crippen molar-refractivity contribution in [2.75, 3.05) is 5.73 Å². The number of carbonyl (C=O) groups excluding carboxylic acids is 1. The van der Waals surface area contributed by atoms with Gasteiger partial charge in [0.05, 0.1) is 17.7 Å². The first-order valence-corrected chi connectivity index (χ1v) is 10.2. The second-order valence-corrected chi connectivity index (χ2v) is 8.17. The summed E-state index contributed by atoms with van der Waals surface area (Å²) in [6.45, 7) is 3.73. The Morgan fingerprint density at radius 1 is 1.03 bits per heavy atom. The molecular weight excluding hydrogens is 399 g/mol. The van der Waals surface area contributed by atoms with Crippen LogP contribution in [0.1, 0.15) is 26.5 Å². The smallest absolute Gasteiger partial charge is 0.172 e. The second kappa shape index (κ2) is 8.12. The molecular formula is C23H19FN4OS. The Labute approximate surface area is 177 Å². The van der Waals surface area contributed by atoms with Gasteiger partial charge in [-0.05, 0) is 49.7 Å². The van der Waals surface area contributed by atoms with Crippen LogP contribution in [0.15, 0.2) is 54.9 Å². The lowest BCUT2D eigenvalue weighted by atomic mass is 10.0. The number of anilines is 1. The number of nitrogen functional groups attached to an aromatic ring is 1. The minimum atomic E-state index is -0.501. The lowest BCUT2D eigenvalue weighted by Crippen LogP contribution is -2.09. The van der Waals surface area contributed by atoms with Crippen LogP contribution in [0.25, 0.3) is 21.8 Å². The molecule has 0 spiro atoms. The number of halogens is 1. The van der Waals surface area contributed by atoms with E-state index in [0.717, 1.165) is 26.7 Å². The van der Waals surface area contributed by atoms with E-state index < -0.39 is 5.82 Å². The highest BCUT2D eigenvalue weighted by Gasteiger charge is 2.16. The van der Waals surface area contributed by atoms with Crippen LogP contribution in [0.2, 0.25) is 0 Å². The maximum absolute atomic E-state index is 14.0. The number of rotatable bonds is 5. The molecule has 0 aliphatic heterocycles. The molecule has 0 saturated heterocycles. The summed E-state index contributed by atoms with van der Waals surface area (Å²) in [5, 5.41) is 0.851. The largest absolute Gasteiger partial charge is 0.384 e. The van der Waals surface area contributed by atoms with Gasteiger partial charge in [0.1, 0.15) is 16.6 Å². The Balaban J connectivity index is 1.55. The molecule has 5 nitrogen and oxygen atoms in total. The molecule has 3 heterocycles. The van der Waals surface area contributed by atoms with Crippen molar-refractivity contribution in [2.24, 2.45) is 0 Å². The minimum Gasteiger partial charge on any atom is -0.384 e. The van der Waals surface area contributed by atoms with Crippen LogP contribution in [-0.2, 0) is 6.42 Å². The van der Waals surface area contributed by atoms with Crippen LogP contribution < -0.4 is 5.73 Å². The van der Waals surface area contributed by atoms with Crippen molar-refractivity contribution < 1.29 is 9.18 Å². The van der Waals surface area contributed by atoms with Crippen molar-refractivity contribution in [3.05, 3.63) is 82.4 Å². The number of nitrogens with two attached hydrogens (primary N) is 1. The predicted molar refractivity (Wildman–Crippen MR) is 117 cm³/mol. The number of carbonyl (C=O) groups is 1. The summed E-state index contributed by atoms with van der Waals surface area (Å²) in [6.07, 6.45) is 3.44. The number of hydrogen-bond acceptors (Lipinski definition) is 6. The average molecular weight is 418 g/mol. The van der Waals surface area contributed by atoms with E-state index in [1.807, 2.05) is 19.1 Å². The topological polar surface area (TPSA) is 81.8 Å². The third kappa shape index (κ3) is 3.97. The molecule has 30 heavy (non-hydrogen) atoms. The summed E-state index contributed by atoms with van der Waals surface area (Å²) in [7, 11) is 0. The van der Waals surface area contributed by atoms with Crippen molar-refractivity contribution in [1.29, 1.82) is 0 Å². The summed E-state index contributed by atoms with van der Waals surface area (Å²) in [4.78, 5) is 26.8. The summed E-state index contributed by atoms with van der Waals surface area (Å²) in [5.74, 6) is -0.319. The molecule has 7 heteroatoms. The predicted octanol–water partition coefficient (Wildman–Crippen LogP) is 5.03. The SMILES string of the molecule is Cc1cccc(F)c1C(=O)Cc1ccc(-c2nc(-c3ccc(N)nc3)sc2C)cn1. The maximum atomic E-state index is 14.0. The van der Waals surface area contributed by atoms with Gasteiger partial charge in [-0.15, -0.1) is 11.3 Å². The van der Waals surface area contributed by atoms with E-state index in [1.54, 1.807) is 54.9 Å². The normalized spacial score (nSPS) is 10.9. The maximum Gasteiger partial charge on any atom is 0.172 e. The van der Waals surface area contributed by atoms with Gasteiger partial charge in [0.25, 0.3) is 0 Å². The molecule has 0 radical (unpaired) electrons. The summed E-state index contributed by atoms with van der Waals surface area (Å²) < 4.78 is 14.0. The van der Waals surface area contributed by atoms with E-state index in [0.29, 0.717) is 17.1 Å². The number of Topliss-reactive ketones (excluding diaryl/α,β-unsaturated/α-hetero) is 1. The van der Waals surface area contributed by atoms with Gasteiger partial charge >= 0.3 is 0 Å². The number of aromatic nitrogens is 3. The van der Waals surface area contributed by atoms with Crippen molar-refractivity contribution >= 4 is 22.9 Å². The standard InChI is InChI=1S/C23H19FN4OS/c1-13-4-3-5-18(24)21(13)19(29)10-17-8-6-15(11-26-17)22-14(2)30-23(28-22)16-7-9-20(25)27-12-16/h3-9,11-12H,10H2,1-2H3,(H2,25,27). The molecule has 150 valence electrons. The molecule has 0 bridgehead atoms. The zero-order chi connectivity index (χ0) is 21.3. The Hall–Kier alpha value is -3.45. The third-order valence-corrected chi connectivity index (χ3v) is 5.79. The van der Waals surface area contributed by atoms with Gasteiger partial charge in [-0.3, -0.25) is 9.78 Å². The van der Waals surface area contributed by atoms with E-state index >= 15 is 0 Å². The quantitative estimate of drug-likeness (QED) is 0.460. The van der Waals surface area contributed by atoms with E-state index in [2.05, 4.69) is 9.97 Å². The zero-order valence-corrected chi connectivity index (χ0v) is 17.3. The first kappa shape index (κ1) is 19.8. The van der Waals surface area contributed by atoms with Gasteiger partial charge < -0.3 is 5.73 Å². The number of pyridine rings is 2. The first-order valence-electron chi connectivity index (χ1n) is 9.35. The van der Waals surface area contributed by atoms with Crippen LogP contribution in [0, 0.1) is 19.7 Å². The van der Waals surface area contributed by atoms with Crippen molar-refractivity contribution in [3.8, 4) is 21.8 Å². The Morgan fingerprint density at radius 3 is 2.47 bits per heavy atom. The minimum absolute atomic E-state index is 0.0421. The fourth-order valence-corrected chi connectivity index (χ4v) is 4.15. The van der Waals surface area contributed by atoms with Crippen LogP contribution >= 0.6 is 11.3 Å². The second-order valence-electron chi connectivity index (χ2n) is 6.97. The third-order valence-electron chi connectivity index (χ3n) is 4.77. The van der Waals surface area contributed by atoms with Crippen molar-refractivity contribution in [1.82, 2.24) is 15.0 Å². The zero-order valence-electron chi connectivity index (χ0n) is 16.5. The molecule has 4 rings (SSSR count). The molecule has 0 unspecified atom stereocenters. The highest BCUT2D eigenvalue weighted by atomic mass is 32.1. The lowest BCUT2D eigenvalue weighted by Gasteiger charge is -2.06. The number of nitrogens with zero attached hydrogens (tertiary/aromatic N) is 3. The molecule has 0 atom stereocenters. The number of hydrogen-bond donors (Lipinski definition) is 1. The van der Waals surface area contributed by atoms with Crippen molar-refractivity contribution in [2.45, 2.75) is 20.3 Å². The van der Waals surface area contributed by atoms with Gasteiger partial charge in [0.2, 0.25) is 0 Å². The monoisotopic (exact) mass is 418 g/mol. The first-order chi connectivity index (χ1) is 14.4. The molecule has 0 amide bonds. The van der Waals surface area contributed by atoms with E-state index in [9.17, 15) is 9.18 Å². The molecule has 0 aliphatic rings. The van der Waals surface area contributed by atoms with Crippen LogP contribution in [-0.4, -0.2) is 20.7 Å². The van der Waals surface area contributed by atoms with E-state index in [1.165, 1.54) is 6.07 Å². The molecule has 2 N–H and O–H groups in total. The van der Waals surface area contributed by atoms with Gasteiger partial charge in [0, 0.05) is 34.1 Å². The Kier molecular flexibility index (Phi) is 5.37. The molecule has 0 aliphatic carbocycles.